The third-order valence-corrected chi connectivity index (χ3v) is 3.52. The van der Waals surface area contributed by atoms with Crippen molar-refractivity contribution in [2.75, 3.05) is 11.4 Å². The van der Waals surface area contributed by atoms with E-state index in [1.165, 1.54) is 17.0 Å². The summed E-state index contributed by atoms with van der Waals surface area (Å²) >= 11 is 17.8. The van der Waals surface area contributed by atoms with Crippen LogP contribution in [0.25, 0.3) is 0 Å². The van der Waals surface area contributed by atoms with Crippen molar-refractivity contribution < 1.29 is 14.7 Å². The Balaban J connectivity index is 2.39. The molecule has 2 rings (SSSR count). The number of halogens is 3. The average Bonchev–Trinajstić information content (AvgIpc) is 2.59. The number of benzene rings is 1. The highest BCUT2D eigenvalue weighted by atomic mass is 35.5. The fourth-order valence-corrected chi connectivity index (χ4v) is 2.90. The molecule has 0 bridgehead atoms. The van der Waals surface area contributed by atoms with E-state index in [1.807, 2.05) is 0 Å². The molecule has 18 heavy (non-hydrogen) atoms. The number of hydrogen-bond acceptors (Lipinski definition) is 2. The molecular weight excluding hydrogens is 300 g/mol. The first kappa shape index (κ1) is 13.5. The van der Waals surface area contributed by atoms with E-state index in [2.05, 4.69) is 0 Å². The number of hydrogen-bond donors (Lipinski definition) is 1. The van der Waals surface area contributed by atoms with Gasteiger partial charge in [0.1, 0.15) is 0 Å². The first-order valence-electron chi connectivity index (χ1n) is 5.08. The molecular formula is C11H8Cl3NO3. The zero-order valence-corrected chi connectivity index (χ0v) is 11.3. The number of carboxylic acid groups (broad SMARTS) is 1. The maximum absolute atomic E-state index is 11.8. The molecule has 1 fully saturated rings. The number of carboxylic acids is 1. The van der Waals surface area contributed by atoms with Gasteiger partial charge in [0.15, 0.2) is 0 Å². The topological polar surface area (TPSA) is 57.6 Å². The number of carbonyl (C=O) groups excluding carboxylic acids is 1. The van der Waals surface area contributed by atoms with Crippen molar-refractivity contribution in [3.05, 3.63) is 27.2 Å². The van der Waals surface area contributed by atoms with Crippen LogP contribution in [0, 0.1) is 5.92 Å². The molecule has 1 aliphatic rings. The maximum Gasteiger partial charge on any atom is 0.308 e. The van der Waals surface area contributed by atoms with Gasteiger partial charge in [0, 0.05) is 18.0 Å². The normalized spacial score (nSPS) is 19.4. The van der Waals surface area contributed by atoms with Crippen molar-refractivity contribution in [3.63, 3.8) is 0 Å². The molecule has 1 aromatic carbocycles. The summed E-state index contributed by atoms with van der Waals surface area (Å²) in [5, 5.41) is 9.73. The molecule has 1 N–H and O–H groups in total. The van der Waals surface area contributed by atoms with E-state index >= 15 is 0 Å². The molecule has 0 saturated carbocycles. The summed E-state index contributed by atoms with van der Waals surface area (Å²) < 4.78 is 0. The Morgan fingerprint density at radius 3 is 2.28 bits per heavy atom. The average molecular weight is 309 g/mol. The fourth-order valence-electron chi connectivity index (χ4n) is 1.88. The van der Waals surface area contributed by atoms with Crippen molar-refractivity contribution in [1.82, 2.24) is 0 Å². The Labute approximate surface area is 118 Å². The van der Waals surface area contributed by atoms with Gasteiger partial charge in [-0.05, 0) is 12.1 Å². The third kappa shape index (κ3) is 2.41. The van der Waals surface area contributed by atoms with E-state index in [0.717, 1.165) is 0 Å². The Bertz CT molecular complexity index is 509. The summed E-state index contributed by atoms with van der Waals surface area (Å²) in [6.45, 7) is 0.0647. The zero-order chi connectivity index (χ0) is 13.4. The lowest BCUT2D eigenvalue weighted by atomic mass is 10.1. The molecule has 1 amide bonds. The van der Waals surface area contributed by atoms with E-state index in [-0.39, 0.29) is 28.9 Å². The summed E-state index contributed by atoms with van der Waals surface area (Å²) in [6.07, 6.45) is -0.0510. The highest BCUT2D eigenvalue weighted by Gasteiger charge is 2.36. The maximum atomic E-state index is 11.8. The second-order valence-corrected chi connectivity index (χ2v) is 5.21. The standard InChI is InChI=1S/C11H8Cl3NO3/c12-6-2-7(13)10(8(14)3-6)15-4-5(11(17)18)1-9(15)16/h2-3,5H,1,4H2,(H,17,18). The minimum atomic E-state index is -1.01. The summed E-state index contributed by atoms with van der Waals surface area (Å²) in [7, 11) is 0. The van der Waals surface area contributed by atoms with Crippen molar-refractivity contribution in [1.29, 1.82) is 0 Å². The molecule has 1 aromatic rings. The van der Waals surface area contributed by atoms with Gasteiger partial charge in [-0.15, -0.1) is 0 Å². The van der Waals surface area contributed by atoms with E-state index < -0.39 is 11.9 Å². The second kappa shape index (κ2) is 4.96. The smallest absolute Gasteiger partial charge is 0.308 e. The van der Waals surface area contributed by atoms with E-state index in [0.29, 0.717) is 10.7 Å². The minimum absolute atomic E-state index is 0.0510. The minimum Gasteiger partial charge on any atom is -0.481 e. The predicted octanol–water partition coefficient (Wildman–Crippen LogP) is 3.08. The molecule has 0 aromatic heterocycles. The fraction of sp³-hybridized carbons (Fsp3) is 0.273. The zero-order valence-electron chi connectivity index (χ0n) is 8.99. The van der Waals surface area contributed by atoms with Crippen molar-refractivity contribution in [2.45, 2.75) is 6.42 Å². The van der Waals surface area contributed by atoms with Gasteiger partial charge in [0.2, 0.25) is 5.91 Å². The number of aliphatic carboxylic acids is 1. The van der Waals surface area contributed by atoms with E-state index in [4.69, 9.17) is 39.9 Å². The quantitative estimate of drug-likeness (QED) is 0.913. The number of carbonyl (C=O) groups is 2. The van der Waals surface area contributed by atoms with Crippen LogP contribution in [0.15, 0.2) is 12.1 Å². The van der Waals surface area contributed by atoms with Gasteiger partial charge in [-0.25, -0.2) is 0 Å². The van der Waals surface area contributed by atoms with Crippen molar-refractivity contribution in [2.24, 2.45) is 5.92 Å². The monoisotopic (exact) mass is 307 g/mol. The molecule has 0 aliphatic carbocycles. The highest BCUT2D eigenvalue weighted by Crippen LogP contribution is 2.39. The Kier molecular flexibility index (Phi) is 3.71. The summed E-state index contributed by atoms with van der Waals surface area (Å²) in [4.78, 5) is 24.0. The van der Waals surface area contributed by atoms with Crippen LogP contribution in [0.1, 0.15) is 6.42 Å². The van der Waals surface area contributed by atoms with Gasteiger partial charge in [0.25, 0.3) is 0 Å². The van der Waals surface area contributed by atoms with Gasteiger partial charge in [0.05, 0.1) is 21.7 Å². The van der Waals surface area contributed by atoms with Crippen LogP contribution >= 0.6 is 34.8 Å². The van der Waals surface area contributed by atoms with Crippen molar-refractivity contribution >= 4 is 52.4 Å². The molecule has 1 atom stereocenters. The summed E-state index contributed by atoms with van der Waals surface area (Å²) in [5.74, 6) is -2.05. The molecule has 96 valence electrons. The van der Waals surface area contributed by atoms with Crippen LogP contribution in [0.3, 0.4) is 0 Å². The van der Waals surface area contributed by atoms with Crippen LogP contribution in [-0.4, -0.2) is 23.5 Å². The van der Waals surface area contributed by atoms with Crippen molar-refractivity contribution in [3.8, 4) is 0 Å². The lowest BCUT2D eigenvalue weighted by molar-refractivity contribution is -0.141. The molecule has 0 radical (unpaired) electrons. The molecule has 4 nitrogen and oxygen atoms in total. The van der Waals surface area contributed by atoms with Crippen LogP contribution in [0.4, 0.5) is 5.69 Å². The van der Waals surface area contributed by atoms with Crippen LogP contribution in [-0.2, 0) is 9.59 Å². The number of rotatable bonds is 2. The predicted molar refractivity (Wildman–Crippen MR) is 69.6 cm³/mol. The molecule has 1 saturated heterocycles. The van der Waals surface area contributed by atoms with Crippen LogP contribution in [0.2, 0.25) is 15.1 Å². The van der Waals surface area contributed by atoms with Gasteiger partial charge in [-0.2, -0.15) is 0 Å². The Morgan fingerprint density at radius 1 is 1.28 bits per heavy atom. The summed E-state index contributed by atoms with van der Waals surface area (Å²) in [6, 6.07) is 2.93. The number of anilines is 1. The third-order valence-electron chi connectivity index (χ3n) is 2.73. The SMILES string of the molecule is O=C(O)C1CC(=O)N(c2c(Cl)cc(Cl)cc2Cl)C1. The molecule has 0 spiro atoms. The van der Waals surface area contributed by atoms with E-state index in [1.54, 1.807) is 0 Å². The van der Waals surface area contributed by atoms with Gasteiger partial charge < -0.3 is 10.0 Å². The van der Waals surface area contributed by atoms with Gasteiger partial charge >= 0.3 is 5.97 Å². The molecule has 7 heteroatoms. The van der Waals surface area contributed by atoms with Gasteiger partial charge in [-0.1, -0.05) is 34.8 Å². The lowest BCUT2D eigenvalue weighted by Gasteiger charge is -2.19. The molecule has 1 unspecified atom stereocenters. The van der Waals surface area contributed by atoms with Crippen LogP contribution < -0.4 is 4.90 Å². The first-order chi connectivity index (χ1) is 8.40. The lowest BCUT2D eigenvalue weighted by Crippen LogP contribution is -2.26. The highest BCUT2D eigenvalue weighted by molar-refractivity contribution is 6.42. The Hall–Kier alpha value is -0.970. The van der Waals surface area contributed by atoms with Crippen LogP contribution in [0.5, 0.6) is 0 Å². The van der Waals surface area contributed by atoms with E-state index in [9.17, 15) is 9.59 Å². The number of amides is 1. The second-order valence-electron chi connectivity index (χ2n) is 3.96. The largest absolute Gasteiger partial charge is 0.481 e. The molecule has 1 aliphatic heterocycles. The Morgan fingerprint density at radius 2 is 1.83 bits per heavy atom. The number of nitrogens with zero attached hydrogens (tertiary/aromatic N) is 1. The first-order valence-corrected chi connectivity index (χ1v) is 6.21. The molecule has 1 heterocycles. The van der Waals surface area contributed by atoms with Gasteiger partial charge in [-0.3, -0.25) is 9.59 Å². The summed E-state index contributed by atoms with van der Waals surface area (Å²) in [5.41, 5.74) is 0.316.